The average Bonchev–Trinajstić information content (AvgIpc) is 3.34. The third-order valence-electron chi connectivity index (χ3n) is 5.84. The van der Waals surface area contributed by atoms with E-state index >= 15 is 0 Å². The van der Waals surface area contributed by atoms with E-state index in [-0.39, 0.29) is 17.4 Å². The average molecular weight is 404 g/mol. The first-order valence-electron chi connectivity index (χ1n) is 10.3. The van der Waals surface area contributed by atoms with Gasteiger partial charge in [0.25, 0.3) is 0 Å². The summed E-state index contributed by atoms with van der Waals surface area (Å²) >= 11 is 0. The van der Waals surface area contributed by atoms with Crippen molar-refractivity contribution in [3.05, 3.63) is 77.0 Å². The summed E-state index contributed by atoms with van der Waals surface area (Å²) in [6.45, 7) is 7.87. The van der Waals surface area contributed by atoms with Gasteiger partial charge in [-0.05, 0) is 66.9 Å². The smallest absolute Gasteiger partial charge is 0.173 e. The largest absolute Gasteiger partial charge is 0.357 e. The lowest BCUT2D eigenvalue weighted by molar-refractivity contribution is 0.184. The quantitative estimate of drug-likeness (QED) is 0.556. The van der Waals surface area contributed by atoms with Crippen LogP contribution in [0.25, 0.3) is 10.9 Å². The predicted molar refractivity (Wildman–Crippen MR) is 113 cm³/mol. The molecular formula is C23H25FN6. The second-order valence-electron chi connectivity index (χ2n) is 8.92. The third kappa shape index (κ3) is 3.19. The van der Waals surface area contributed by atoms with Crippen molar-refractivity contribution in [1.29, 1.82) is 0 Å². The Morgan fingerprint density at radius 2 is 1.83 bits per heavy atom. The molecule has 154 valence electrons. The molecule has 30 heavy (non-hydrogen) atoms. The lowest BCUT2D eigenvalue weighted by Crippen LogP contribution is -2.38. The van der Waals surface area contributed by atoms with E-state index in [4.69, 9.17) is 0 Å². The second-order valence-corrected chi connectivity index (χ2v) is 8.92. The first kappa shape index (κ1) is 18.9. The first-order valence-corrected chi connectivity index (χ1v) is 10.3. The summed E-state index contributed by atoms with van der Waals surface area (Å²) in [5, 5.41) is 14.0. The van der Waals surface area contributed by atoms with Gasteiger partial charge in [-0.2, -0.15) is 0 Å². The molecular weight excluding hydrogens is 379 g/mol. The fraction of sp³-hybridized carbons (Fsp3) is 0.348. The maximum atomic E-state index is 13.7. The molecule has 1 aliphatic rings. The van der Waals surface area contributed by atoms with Crippen molar-refractivity contribution in [2.75, 3.05) is 6.54 Å². The van der Waals surface area contributed by atoms with Crippen molar-refractivity contribution in [3.63, 3.8) is 0 Å². The maximum absolute atomic E-state index is 13.7. The summed E-state index contributed by atoms with van der Waals surface area (Å²) in [6, 6.07) is 15.0. The monoisotopic (exact) mass is 404 g/mol. The fourth-order valence-corrected chi connectivity index (χ4v) is 4.44. The summed E-state index contributed by atoms with van der Waals surface area (Å²) in [7, 11) is 0. The number of fused-ring (bicyclic) bond motifs is 3. The van der Waals surface area contributed by atoms with Crippen LogP contribution in [-0.2, 0) is 18.5 Å². The number of rotatable bonds is 3. The molecule has 2 aromatic carbocycles. The Balaban J connectivity index is 1.59. The second kappa shape index (κ2) is 7.02. The van der Waals surface area contributed by atoms with Crippen LogP contribution >= 0.6 is 0 Å². The summed E-state index contributed by atoms with van der Waals surface area (Å²) < 4.78 is 15.5. The number of aromatic nitrogens is 5. The lowest BCUT2D eigenvalue weighted by Gasteiger charge is -2.35. The van der Waals surface area contributed by atoms with E-state index in [0.29, 0.717) is 0 Å². The Morgan fingerprint density at radius 3 is 2.60 bits per heavy atom. The van der Waals surface area contributed by atoms with Gasteiger partial charge in [0.15, 0.2) is 5.82 Å². The molecule has 0 radical (unpaired) electrons. The van der Waals surface area contributed by atoms with E-state index in [1.54, 1.807) is 0 Å². The lowest BCUT2D eigenvalue weighted by atomic mass is 9.97. The minimum absolute atomic E-state index is 0.167. The van der Waals surface area contributed by atoms with Gasteiger partial charge in [-0.1, -0.05) is 30.3 Å². The number of hydrogen-bond donors (Lipinski definition) is 1. The van der Waals surface area contributed by atoms with Crippen LogP contribution in [0.15, 0.2) is 48.5 Å². The van der Waals surface area contributed by atoms with Crippen LogP contribution in [0, 0.1) is 5.82 Å². The van der Waals surface area contributed by atoms with E-state index in [9.17, 15) is 4.39 Å². The molecule has 1 N–H and O–H groups in total. The Bertz CT molecular complexity index is 1180. The van der Waals surface area contributed by atoms with Gasteiger partial charge in [0.1, 0.15) is 5.82 Å². The van der Waals surface area contributed by atoms with Crippen LogP contribution in [0.4, 0.5) is 4.39 Å². The van der Waals surface area contributed by atoms with E-state index in [2.05, 4.69) is 70.4 Å². The number of halogens is 1. The van der Waals surface area contributed by atoms with Gasteiger partial charge in [0.2, 0.25) is 0 Å². The van der Waals surface area contributed by atoms with E-state index in [1.165, 1.54) is 34.3 Å². The van der Waals surface area contributed by atoms with Crippen LogP contribution in [-0.4, -0.2) is 36.6 Å². The third-order valence-corrected chi connectivity index (χ3v) is 5.84. The van der Waals surface area contributed by atoms with E-state index in [1.807, 2.05) is 16.8 Å². The molecule has 0 saturated carbocycles. The van der Waals surface area contributed by atoms with Gasteiger partial charge < -0.3 is 4.98 Å². The highest BCUT2D eigenvalue weighted by atomic mass is 19.1. The van der Waals surface area contributed by atoms with E-state index in [0.717, 1.165) is 30.9 Å². The molecule has 0 amide bonds. The Morgan fingerprint density at radius 1 is 1.07 bits per heavy atom. The molecule has 4 aromatic rings. The normalized spacial score (nSPS) is 16.0. The number of nitrogens with one attached hydrogen (secondary N) is 1. The van der Waals surface area contributed by atoms with Gasteiger partial charge in [0.05, 0.1) is 11.6 Å². The van der Waals surface area contributed by atoms with Gasteiger partial charge >= 0.3 is 0 Å². The number of para-hydroxylation sites is 1. The molecule has 7 heteroatoms. The van der Waals surface area contributed by atoms with Crippen molar-refractivity contribution in [1.82, 2.24) is 30.1 Å². The van der Waals surface area contributed by atoms with Crippen molar-refractivity contribution in [2.45, 2.75) is 45.3 Å². The van der Waals surface area contributed by atoms with Gasteiger partial charge in [-0.25, -0.2) is 9.07 Å². The summed E-state index contributed by atoms with van der Waals surface area (Å²) in [5.41, 5.74) is 4.50. The number of aromatic amines is 1. The Kier molecular flexibility index (Phi) is 4.43. The number of benzene rings is 2. The van der Waals surface area contributed by atoms with Gasteiger partial charge in [0, 0.05) is 29.7 Å². The van der Waals surface area contributed by atoms with Gasteiger partial charge in [-0.15, -0.1) is 5.10 Å². The maximum Gasteiger partial charge on any atom is 0.173 e. The number of nitrogens with zero attached hydrogens (tertiary/aromatic N) is 5. The van der Waals surface area contributed by atoms with Crippen molar-refractivity contribution in [3.8, 4) is 0 Å². The summed E-state index contributed by atoms with van der Waals surface area (Å²) in [5.74, 6) is 0.526. The zero-order valence-electron chi connectivity index (χ0n) is 17.4. The molecule has 5 rings (SSSR count). The Hall–Kier alpha value is -3.06. The number of H-pyrrole nitrogens is 1. The zero-order valence-corrected chi connectivity index (χ0v) is 17.4. The predicted octanol–water partition coefficient (Wildman–Crippen LogP) is 4.20. The SMILES string of the molecule is CC(C)(C)n1nnnc1C(c1ccc(F)cc1)N1CCc2c([nH]c3ccccc23)C1. The fourth-order valence-electron chi connectivity index (χ4n) is 4.44. The Labute approximate surface area is 174 Å². The molecule has 1 atom stereocenters. The molecule has 0 fully saturated rings. The highest BCUT2D eigenvalue weighted by Crippen LogP contribution is 2.35. The van der Waals surface area contributed by atoms with Crippen LogP contribution in [0.1, 0.15) is 49.5 Å². The number of tetrazole rings is 1. The molecule has 2 aromatic heterocycles. The summed E-state index contributed by atoms with van der Waals surface area (Å²) in [6.07, 6.45) is 0.939. The van der Waals surface area contributed by atoms with Crippen molar-refractivity contribution in [2.24, 2.45) is 0 Å². The molecule has 1 unspecified atom stereocenters. The van der Waals surface area contributed by atoms with E-state index < -0.39 is 0 Å². The first-order chi connectivity index (χ1) is 14.4. The van der Waals surface area contributed by atoms with Crippen LogP contribution in [0.2, 0.25) is 0 Å². The molecule has 6 nitrogen and oxygen atoms in total. The zero-order chi connectivity index (χ0) is 20.9. The molecule has 1 aliphatic heterocycles. The van der Waals surface area contributed by atoms with Crippen LogP contribution in [0.5, 0.6) is 0 Å². The van der Waals surface area contributed by atoms with Crippen LogP contribution < -0.4 is 0 Å². The minimum Gasteiger partial charge on any atom is -0.357 e. The highest BCUT2D eigenvalue weighted by Gasteiger charge is 2.34. The minimum atomic E-state index is -0.265. The van der Waals surface area contributed by atoms with Crippen molar-refractivity contribution >= 4 is 10.9 Å². The molecule has 0 aliphatic carbocycles. The standard InChI is InChI=1S/C23H25FN6/c1-23(2,3)30-22(26-27-28-30)21(15-8-10-16(24)11-9-15)29-13-12-18-17-6-4-5-7-19(17)25-20(18)14-29/h4-11,21,25H,12-14H2,1-3H3. The van der Waals surface area contributed by atoms with Gasteiger partial charge in [-0.3, -0.25) is 4.90 Å². The molecule has 0 spiro atoms. The molecule has 0 saturated heterocycles. The highest BCUT2D eigenvalue weighted by molar-refractivity contribution is 5.84. The number of hydrogen-bond acceptors (Lipinski definition) is 4. The molecule has 3 heterocycles. The topological polar surface area (TPSA) is 62.6 Å². The molecule has 0 bridgehead atoms. The van der Waals surface area contributed by atoms with Crippen molar-refractivity contribution < 1.29 is 4.39 Å². The summed E-state index contributed by atoms with van der Waals surface area (Å²) in [4.78, 5) is 5.97. The van der Waals surface area contributed by atoms with Crippen LogP contribution in [0.3, 0.4) is 0 Å².